The lowest BCUT2D eigenvalue weighted by Crippen LogP contribution is -2.23. The van der Waals surface area contributed by atoms with Crippen molar-refractivity contribution in [2.45, 2.75) is 11.4 Å². The third-order valence-electron chi connectivity index (χ3n) is 3.20. The highest BCUT2D eigenvalue weighted by Crippen LogP contribution is 2.17. The molecule has 3 rings (SSSR count). The van der Waals surface area contributed by atoms with Gasteiger partial charge in [0.1, 0.15) is 0 Å². The zero-order valence-corrected chi connectivity index (χ0v) is 12.2. The van der Waals surface area contributed by atoms with Gasteiger partial charge in [-0.1, -0.05) is 6.07 Å². The highest BCUT2D eigenvalue weighted by Gasteiger charge is 2.15. The third kappa shape index (κ3) is 2.79. The van der Waals surface area contributed by atoms with Crippen molar-refractivity contribution in [3.8, 4) is 0 Å². The summed E-state index contributed by atoms with van der Waals surface area (Å²) in [4.78, 5) is 8.33. The fourth-order valence-corrected chi connectivity index (χ4v) is 3.08. The molecule has 2 heterocycles. The number of rotatable bonds is 4. The van der Waals surface area contributed by atoms with E-state index in [9.17, 15) is 8.42 Å². The molecule has 0 aliphatic heterocycles. The Balaban J connectivity index is 1.86. The van der Waals surface area contributed by atoms with Crippen LogP contribution in [0.5, 0.6) is 0 Å². The fraction of sp³-hybridized carbons (Fsp3) is 0.143. The van der Waals surface area contributed by atoms with Crippen LogP contribution in [0.1, 0.15) is 5.56 Å². The molecule has 0 bridgehead atoms. The van der Waals surface area contributed by atoms with Crippen LogP contribution in [0.15, 0.2) is 53.9 Å². The van der Waals surface area contributed by atoms with Gasteiger partial charge >= 0.3 is 0 Å². The van der Waals surface area contributed by atoms with Gasteiger partial charge in [-0.25, -0.2) is 18.1 Å². The van der Waals surface area contributed by atoms with Crippen LogP contribution in [0.2, 0.25) is 0 Å². The number of fused-ring (bicyclic) bond motifs is 1. The van der Waals surface area contributed by atoms with Crippen molar-refractivity contribution in [2.24, 2.45) is 7.05 Å². The van der Waals surface area contributed by atoms with Crippen molar-refractivity contribution in [2.75, 3.05) is 0 Å². The van der Waals surface area contributed by atoms with Gasteiger partial charge in [0, 0.05) is 26.0 Å². The van der Waals surface area contributed by atoms with E-state index in [4.69, 9.17) is 0 Å². The number of benzene rings is 1. The molecule has 0 aliphatic rings. The van der Waals surface area contributed by atoms with Crippen molar-refractivity contribution in [1.82, 2.24) is 19.3 Å². The van der Waals surface area contributed by atoms with E-state index in [0.717, 1.165) is 11.1 Å². The van der Waals surface area contributed by atoms with Crippen LogP contribution in [-0.4, -0.2) is 23.0 Å². The van der Waals surface area contributed by atoms with Gasteiger partial charge in [0.05, 0.1) is 22.3 Å². The van der Waals surface area contributed by atoms with Gasteiger partial charge in [0.2, 0.25) is 10.0 Å². The van der Waals surface area contributed by atoms with Crippen LogP contribution in [0.3, 0.4) is 0 Å². The smallest absolute Gasteiger partial charge is 0.240 e. The van der Waals surface area contributed by atoms with Crippen LogP contribution >= 0.6 is 0 Å². The van der Waals surface area contributed by atoms with Gasteiger partial charge in [0.25, 0.3) is 0 Å². The van der Waals surface area contributed by atoms with E-state index in [-0.39, 0.29) is 11.4 Å². The van der Waals surface area contributed by atoms with Crippen molar-refractivity contribution in [3.05, 3.63) is 54.6 Å². The summed E-state index contributed by atoms with van der Waals surface area (Å²) < 4.78 is 29.0. The van der Waals surface area contributed by atoms with Crippen LogP contribution in [0.4, 0.5) is 0 Å². The molecule has 3 aromatic rings. The molecule has 0 unspecified atom stereocenters. The maximum absolute atomic E-state index is 12.3. The SMILES string of the molecule is Cn1cnc2cc(S(=O)(=O)NCc3cccnc3)ccc21. The number of aryl methyl sites for hydroxylation is 1. The lowest BCUT2D eigenvalue weighted by Gasteiger charge is -2.07. The monoisotopic (exact) mass is 302 g/mol. The average Bonchev–Trinajstić information content (AvgIpc) is 2.87. The molecule has 0 atom stereocenters. The number of hydrogen-bond donors (Lipinski definition) is 1. The molecule has 21 heavy (non-hydrogen) atoms. The summed E-state index contributed by atoms with van der Waals surface area (Å²) in [5, 5.41) is 0. The summed E-state index contributed by atoms with van der Waals surface area (Å²) in [5.41, 5.74) is 2.35. The molecule has 0 saturated heterocycles. The number of hydrogen-bond acceptors (Lipinski definition) is 4. The standard InChI is InChI=1S/C14H14N4O2S/c1-18-10-16-13-7-12(4-5-14(13)18)21(19,20)17-9-11-3-2-6-15-8-11/h2-8,10,17H,9H2,1H3. The van der Waals surface area contributed by atoms with Crippen LogP contribution < -0.4 is 4.72 Å². The lowest BCUT2D eigenvalue weighted by molar-refractivity contribution is 0.581. The first-order chi connectivity index (χ1) is 10.1. The number of imidazole rings is 1. The molecule has 108 valence electrons. The Morgan fingerprint density at radius 3 is 2.90 bits per heavy atom. The van der Waals surface area contributed by atoms with Gasteiger partial charge in [-0.3, -0.25) is 4.98 Å². The topological polar surface area (TPSA) is 76.9 Å². The van der Waals surface area contributed by atoms with Crippen LogP contribution in [-0.2, 0) is 23.6 Å². The Hall–Kier alpha value is -2.25. The first-order valence-electron chi connectivity index (χ1n) is 6.36. The molecule has 1 N–H and O–H groups in total. The predicted molar refractivity (Wildman–Crippen MR) is 79.0 cm³/mol. The Kier molecular flexibility index (Phi) is 3.44. The summed E-state index contributed by atoms with van der Waals surface area (Å²) >= 11 is 0. The quantitative estimate of drug-likeness (QED) is 0.791. The third-order valence-corrected chi connectivity index (χ3v) is 4.60. The van der Waals surface area contributed by atoms with Crippen molar-refractivity contribution in [1.29, 1.82) is 0 Å². The van der Waals surface area contributed by atoms with E-state index in [1.165, 1.54) is 0 Å². The molecule has 1 aromatic carbocycles. The second-order valence-corrected chi connectivity index (χ2v) is 6.46. The Morgan fingerprint density at radius 1 is 1.29 bits per heavy atom. The van der Waals surface area contributed by atoms with Crippen molar-refractivity contribution >= 4 is 21.1 Å². The molecular formula is C14H14N4O2S. The molecular weight excluding hydrogens is 288 g/mol. The second kappa shape index (κ2) is 5.27. The van der Waals surface area contributed by atoms with Gasteiger partial charge in [0.15, 0.2) is 0 Å². The fourth-order valence-electron chi connectivity index (χ4n) is 2.05. The van der Waals surface area contributed by atoms with E-state index in [1.807, 2.05) is 17.7 Å². The first kappa shape index (κ1) is 13.7. The number of pyridine rings is 1. The Bertz CT molecular complexity index is 872. The minimum Gasteiger partial charge on any atom is -0.334 e. The number of nitrogens with zero attached hydrogens (tertiary/aromatic N) is 3. The van der Waals surface area contributed by atoms with Crippen LogP contribution in [0, 0.1) is 0 Å². The number of nitrogens with one attached hydrogen (secondary N) is 1. The maximum Gasteiger partial charge on any atom is 0.240 e. The molecule has 7 heteroatoms. The summed E-state index contributed by atoms with van der Waals surface area (Å²) in [7, 11) is -1.70. The van der Waals surface area contributed by atoms with Crippen LogP contribution in [0.25, 0.3) is 11.0 Å². The molecule has 0 radical (unpaired) electrons. The van der Waals surface area contributed by atoms with E-state index in [2.05, 4.69) is 14.7 Å². The Morgan fingerprint density at radius 2 is 2.14 bits per heavy atom. The van der Waals surface area contributed by atoms with Gasteiger partial charge in [-0.05, 0) is 29.8 Å². The van der Waals surface area contributed by atoms with E-state index in [0.29, 0.717) is 5.52 Å². The van der Waals surface area contributed by atoms with Gasteiger partial charge in [-0.2, -0.15) is 0 Å². The molecule has 0 spiro atoms. The van der Waals surface area contributed by atoms with Gasteiger partial charge < -0.3 is 4.57 Å². The van der Waals surface area contributed by atoms with E-state index < -0.39 is 10.0 Å². The Labute approximate surface area is 122 Å². The van der Waals surface area contributed by atoms with E-state index in [1.54, 1.807) is 43.0 Å². The molecule has 0 fully saturated rings. The zero-order chi connectivity index (χ0) is 14.9. The van der Waals surface area contributed by atoms with Gasteiger partial charge in [-0.15, -0.1) is 0 Å². The highest BCUT2D eigenvalue weighted by molar-refractivity contribution is 7.89. The minimum atomic E-state index is -3.57. The maximum atomic E-state index is 12.3. The number of aromatic nitrogens is 3. The number of sulfonamides is 1. The van der Waals surface area contributed by atoms with E-state index >= 15 is 0 Å². The summed E-state index contributed by atoms with van der Waals surface area (Å²) in [6.45, 7) is 0.205. The largest absolute Gasteiger partial charge is 0.334 e. The molecule has 2 aromatic heterocycles. The molecule has 6 nitrogen and oxygen atoms in total. The second-order valence-electron chi connectivity index (χ2n) is 4.69. The minimum absolute atomic E-state index is 0.205. The summed E-state index contributed by atoms with van der Waals surface area (Å²) in [6.07, 6.45) is 4.93. The predicted octanol–water partition coefficient (Wildman–Crippen LogP) is 1.45. The average molecular weight is 302 g/mol. The van der Waals surface area contributed by atoms with Crippen molar-refractivity contribution < 1.29 is 8.42 Å². The lowest BCUT2D eigenvalue weighted by atomic mass is 10.3. The molecule has 0 aliphatic carbocycles. The molecule has 0 saturated carbocycles. The first-order valence-corrected chi connectivity index (χ1v) is 7.84. The summed E-state index contributed by atoms with van der Waals surface area (Å²) in [6, 6.07) is 8.48. The highest BCUT2D eigenvalue weighted by atomic mass is 32.2. The van der Waals surface area contributed by atoms with Crippen molar-refractivity contribution in [3.63, 3.8) is 0 Å². The normalized spacial score (nSPS) is 11.9. The summed E-state index contributed by atoms with van der Waals surface area (Å²) in [5.74, 6) is 0. The molecule has 0 amide bonds. The zero-order valence-electron chi connectivity index (χ0n) is 11.4.